The first-order valence-electron chi connectivity index (χ1n) is 7.82. The molecule has 0 unspecified atom stereocenters. The zero-order valence-corrected chi connectivity index (χ0v) is 13.6. The summed E-state index contributed by atoms with van der Waals surface area (Å²) < 4.78 is 40.5. The van der Waals surface area contributed by atoms with Gasteiger partial charge in [0.15, 0.2) is 11.6 Å². The normalized spacial score (nSPS) is 18.6. The van der Waals surface area contributed by atoms with E-state index in [4.69, 9.17) is 5.73 Å². The third-order valence-corrected chi connectivity index (χ3v) is 4.39. The molecule has 25 heavy (non-hydrogen) atoms. The second-order valence-electron chi connectivity index (χ2n) is 6.13. The molecule has 1 aromatic heterocycles. The van der Waals surface area contributed by atoms with Crippen molar-refractivity contribution < 1.29 is 18.0 Å². The van der Waals surface area contributed by atoms with Gasteiger partial charge in [-0.3, -0.25) is 14.8 Å². The number of halogens is 3. The van der Waals surface area contributed by atoms with Crippen LogP contribution in [0.5, 0.6) is 0 Å². The Balaban J connectivity index is 1.68. The van der Waals surface area contributed by atoms with Gasteiger partial charge in [0.2, 0.25) is 0 Å². The van der Waals surface area contributed by atoms with Gasteiger partial charge in [-0.05, 0) is 13.0 Å². The predicted molar refractivity (Wildman–Crippen MR) is 85.1 cm³/mol. The standard InChI is InChI=1S/C16H18F3N5O/c1-9-7-24(16(25)12-6-21-22-15(12)20)3-2-23(9)8-10-4-11(17)5-13(18)14(10)19/h4-6,9H,2-3,7-8H2,1H3,(H3,20,21,22)/t9-/m0/s1. The van der Waals surface area contributed by atoms with Gasteiger partial charge < -0.3 is 10.6 Å². The third-order valence-electron chi connectivity index (χ3n) is 4.39. The van der Waals surface area contributed by atoms with E-state index in [1.54, 1.807) is 4.90 Å². The number of aromatic amines is 1. The third kappa shape index (κ3) is 3.46. The first-order chi connectivity index (χ1) is 11.9. The number of nitrogen functional groups attached to an aromatic ring is 1. The number of H-pyrrole nitrogens is 1. The molecule has 2 heterocycles. The highest BCUT2D eigenvalue weighted by atomic mass is 19.2. The average molecular weight is 353 g/mol. The Kier molecular flexibility index (Phi) is 4.67. The van der Waals surface area contributed by atoms with E-state index in [1.165, 1.54) is 6.20 Å². The molecular formula is C16H18F3N5O. The molecule has 6 nitrogen and oxygen atoms in total. The number of nitrogens with zero attached hydrogens (tertiary/aromatic N) is 3. The summed E-state index contributed by atoms with van der Waals surface area (Å²) in [5, 5.41) is 6.25. The number of nitrogens with two attached hydrogens (primary N) is 1. The number of benzene rings is 1. The van der Waals surface area contributed by atoms with Crippen LogP contribution in [0.4, 0.5) is 19.0 Å². The zero-order valence-electron chi connectivity index (χ0n) is 13.6. The SMILES string of the molecule is C[C@H]1CN(C(=O)c2cn[nH]c2N)CCN1Cc1cc(F)cc(F)c1F. The van der Waals surface area contributed by atoms with Gasteiger partial charge in [-0.2, -0.15) is 5.10 Å². The Morgan fingerprint density at radius 2 is 2.12 bits per heavy atom. The maximum atomic E-state index is 13.8. The van der Waals surface area contributed by atoms with Crippen LogP contribution in [0.3, 0.4) is 0 Å². The van der Waals surface area contributed by atoms with Crippen LogP contribution < -0.4 is 5.73 Å². The lowest BCUT2D eigenvalue weighted by Crippen LogP contribution is -2.53. The fourth-order valence-corrected chi connectivity index (χ4v) is 2.99. The van der Waals surface area contributed by atoms with E-state index in [1.807, 2.05) is 11.8 Å². The topological polar surface area (TPSA) is 78.2 Å². The maximum absolute atomic E-state index is 13.8. The van der Waals surface area contributed by atoms with Crippen LogP contribution in [0.2, 0.25) is 0 Å². The average Bonchev–Trinajstić information content (AvgIpc) is 2.99. The highest BCUT2D eigenvalue weighted by Crippen LogP contribution is 2.21. The maximum Gasteiger partial charge on any atom is 0.259 e. The molecule has 1 amide bonds. The minimum absolute atomic E-state index is 0.0387. The molecular weight excluding hydrogens is 335 g/mol. The van der Waals surface area contributed by atoms with Gasteiger partial charge in [-0.15, -0.1) is 0 Å². The van der Waals surface area contributed by atoms with Crippen LogP contribution in [0.25, 0.3) is 0 Å². The summed E-state index contributed by atoms with van der Waals surface area (Å²) in [6.07, 6.45) is 1.37. The molecule has 1 aromatic carbocycles. The fraction of sp³-hybridized carbons (Fsp3) is 0.375. The molecule has 134 valence electrons. The van der Waals surface area contributed by atoms with Gasteiger partial charge in [0.05, 0.1) is 6.20 Å². The van der Waals surface area contributed by atoms with Gasteiger partial charge in [-0.25, -0.2) is 13.2 Å². The van der Waals surface area contributed by atoms with E-state index < -0.39 is 17.5 Å². The number of hydrogen-bond acceptors (Lipinski definition) is 4. The number of aromatic nitrogens is 2. The Morgan fingerprint density at radius 1 is 1.36 bits per heavy atom. The molecule has 0 aliphatic carbocycles. The van der Waals surface area contributed by atoms with E-state index in [0.717, 1.165) is 6.07 Å². The Morgan fingerprint density at radius 3 is 2.76 bits per heavy atom. The molecule has 1 aliphatic rings. The second-order valence-corrected chi connectivity index (χ2v) is 6.13. The van der Waals surface area contributed by atoms with Crippen LogP contribution in [-0.2, 0) is 6.54 Å². The number of hydrogen-bond donors (Lipinski definition) is 2. The van der Waals surface area contributed by atoms with Crippen molar-refractivity contribution in [3.8, 4) is 0 Å². The monoisotopic (exact) mass is 353 g/mol. The van der Waals surface area contributed by atoms with Gasteiger partial charge in [0.1, 0.15) is 17.2 Å². The molecule has 0 spiro atoms. The van der Waals surface area contributed by atoms with Crippen LogP contribution in [0, 0.1) is 17.5 Å². The quantitative estimate of drug-likeness (QED) is 0.824. The van der Waals surface area contributed by atoms with Gasteiger partial charge in [-0.1, -0.05) is 0 Å². The molecule has 0 saturated carbocycles. The molecule has 3 rings (SSSR count). The van der Waals surface area contributed by atoms with Crippen molar-refractivity contribution in [3.63, 3.8) is 0 Å². The predicted octanol–water partition coefficient (Wildman–Crippen LogP) is 1.76. The highest BCUT2D eigenvalue weighted by Gasteiger charge is 2.29. The van der Waals surface area contributed by atoms with Crippen molar-refractivity contribution in [2.24, 2.45) is 0 Å². The summed E-state index contributed by atoms with van der Waals surface area (Å²) in [5.74, 6) is -3.09. The summed E-state index contributed by atoms with van der Waals surface area (Å²) in [5.41, 5.74) is 5.93. The number of nitrogens with one attached hydrogen (secondary N) is 1. The van der Waals surface area contributed by atoms with Crippen molar-refractivity contribution in [2.75, 3.05) is 25.4 Å². The largest absolute Gasteiger partial charge is 0.383 e. The van der Waals surface area contributed by atoms with Crippen LogP contribution >= 0.6 is 0 Å². The number of amides is 1. The summed E-state index contributed by atoms with van der Waals surface area (Å²) in [4.78, 5) is 15.9. The van der Waals surface area contributed by atoms with Crippen molar-refractivity contribution in [1.29, 1.82) is 0 Å². The molecule has 0 radical (unpaired) electrons. The second kappa shape index (κ2) is 6.75. The van der Waals surface area contributed by atoms with Gasteiger partial charge in [0.25, 0.3) is 5.91 Å². The van der Waals surface area contributed by atoms with Gasteiger partial charge in [0, 0.05) is 43.9 Å². The fourth-order valence-electron chi connectivity index (χ4n) is 2.99. The van der Waals surface area contributed by atoms with E-state index >= 15 is 0 Å². The molecule has 0 bridgehead atoms. The van der Waals surface area contributed by atoms with Crippen molar-refractivity contribution in [2.45, 2.75) is 19.5 Å². The van der Waals surface area contributed by atoms with Gasteiger partial charge >= 0.3 is 0 Å². The zero-order chi connectivity index (χ0) is 18.1. The Hall–Kier alpha value is -2.55. The van der Waals surface area contributed by atoms with Crippen molar-refractivity contribution in [3.05, 3.63) is 46.9 Å². The lowest BCUT2D eigenvalue weighted by molar-refractivity contribution is 0.0492. The van der Waals surface area contributed by atoms with E-state index in [0.29, 0.717) is 31.3 Å². The summed E-state index contributed by atoms with van der Waals surface area (Å²) >= 11 is 0. The first-order valence-corrected chi connectivity index (χ1v) is 7.82. The summed E-state index contributed by atoms with van der Waals surface area (Å²) in [7, 11) is 0. The summed E-state index contributed by atoms with van der Waals surface area (Å²) in [6.45, 7) is 3.17. The van der Waals surface area contributed by atoms with Crippen molar-refractivity contribution >= 4 is 11.7 Å². The molecule has 1 saturated heterocycles. The number of anilines is 1. The van der Waals surface area contributed by atoms with Crippen LogP contribution in [-0.4, -0.2) is 51.6 Å². The Bertz CT molecular complexity index is 794. The number of carbonyl (C=O) groups is 1. The van der Waals surface area contributed by atoms with Crippen molar-refractivity contribution in [1.82, 2.24) is 20.0 Å². The molecule has 3 N–H and O–H groups in total. The highest BCUT2D eigenvalue weighted by molar-refractivity contribution is 5.98. The minimum atomic E-state index is -1.20. The summed E-state index contributed by atoms with van der Waals surface area (Å²) in [6, 6.07) is 1.40. The smallest absolute Gasteiger partial charge is 0.259 e. The molecule has 2 aromatic rings. The number of carbonyl (C=O) groups excluding carboxylic acids is 1. The van der Waals surface area contributed by atoms with E-state index in [9.17, 15) is 18.0 Å². The van der Waals surface area contributed by atoms with Crippen LogP contribution in [0.15, 0.2) is 18.3 Å². The van der Waals surface area contributed by atoms with E-state index in [2.05, 4.69) is 10.2 Å². The Labute approximate surface area is 142 Å². The minimum Gasteiger partial charge on any atom is -0.383 e. The van der Waals surface area contributed by atoms with E-state index in [-0.39, 0.29) is 29.9 Å². The number of piperazine rings is 1. The lowest BCUT2D eigenvalue weighted by Gasteiger charge is -2.39. The van der Waals surface area contributed by atoms with Crippen LogP contribution in [0.1, 0.15) is 22.8 Å². The molecule has 1 fully saturated rings. The molecule has 9 heteroatoms. The molecule has 1 atom stereocenters. The molecule has 1 aliphatic heterocycles. The number of rotatable bonds is 3. The lowest BCUT2D eigenvalue weighted by atomic mass is 10.1. The first kappa shape index (κ1) is 17.3.